The molecule has 0 saturated heterocycles. The van der Waals surface area contributed by atoms with Crippen LogP contribution < -0.4 is 0 Å². The van der Waals surface area contributed by atoms with Crippen LogP contribution >= 0.6 is 0 Å². The van der Waals surface area contributed by atoms with Gasteiger partial charge in [-0.15, -0.1) is 0 Å². The van der Waals surface area contributed by atoms with E-state index < -0.39 is 6.10 Å². The number of benzene rings is 1. The SMILES string of the molecule is CCCc1ccc(C(O)CN(C)CCCN(C)C)cc1. The van der Waals surface area contributed by atoms with E-state index in [-0.39, 0.29) is 0 Å². The van der Waals surface area contributed by atoms with Gasteiger partial charge in [-0.1, -0.05) is 37.6 Å². The Kier molecular flexibility index (Phi) is 7.82. The van der Waals surface area contributed by atoms with Gasteiger partial charge >= 0.3 is 0 Å². The van der Waals surface area contributed by atoms with Crippen LogP contribution in [0.5, 0.6) is 0 Å². The van der Waals surface area contributed by atoms with E-state index in [2.05, 4.69) is 62.1 Å². The molecule has 0 saturated carbocycles. The number of aliphatic hydroxyl groups excluding tert-OH is 1. The summed E-state index contributed by atoms with van der Waals surface area (Å²) in [6, 6.07) is 8.38. The molecular weight excluding hydrogens is 248 g/mol. The summed E-state index contributed by atoms with van der Waals surface area (Å²) in [5.41, 5.74) is 2.37. The summed E-state index contributed by atoms with van der Waals surface area (Å²) in [5, 5.41) is 10.3. The van der Waals surface area contributed by atoms with Gasteiger partial charge in [0.25, 0.3) is 0 Å². The molecule has 0 aliphatic rings. The van der Waals surface area contributed by atoms with Gasteiger partial charge in [0.05, 0.1) is 6.10 Å². The Morgan fingerprint density at radius 1 is 1.05 bits per heavy atom. The lowest BCUT2D eigenvalue weighted by Crippen LogP contribution is -2.27. The number of rotatable bonds is 9. The minimum atomic E-state index is -0.393. The van der Waals surface area contributed by atoms with Crippen molar-refractivity contribution in [2.45, 2.75) is 32.3 Å². The second kappa shape index (κ2) is 9.11. The van der Waals surface area contributed by atoms with E-state index in [1.54, 1.807) is 0 Å². The summed E-state index contributed by atoms with van der Waals surface area (Å²) in [6.45, 7) is 4.99. The number of aliphatic hydroxyl groups is 1. The van der Waals surface area contributed by atoms with Gasteiger partial charge in [-0.3, -0.25) is 0 Å². The minimum absolute atomic E-state index is 0.393. The average molecular weight is 278 g/mol. The van der Waals surface area contributed by atoms with Crippen LogP contribution in [0, 0.1) is 0 Å². The maximum Gasteiger partial charge on any atom is 0.0916 e. The average Bonchev–Trinajstić information content (AvgIpc) is 2.39. The Labute approximate surface area is 124 Å². The molecule has 0 heterocycles. The molecule has 0 aromatic heterocycles. The van der Waals surface area contributed by atoms with Gasteiger partial charge in [-0.05, 0) is 58.2 Å². The van der Waals surface area contributed by atoms with Crippen molar-refractivity contribution in [1.82, 2.24) is 9.80 Å². The van der Waals surface area contributed by atoms with Crippen molar-refractivity contribution in [2.24, 2.45) is 0 Å². The zero-order valence-corrected chi connectivity index (χ0v) is 13.5. The first-order valence-corrected chi connectivity index (χ1v) is 7.63. The third-order valence-corrected chi connectivity index (χ3v) is 3.53. The molecule has 0 spiro atoms. The highest BCUT2D eigenvalue weighted by molar-refractivity contribution is 5.24. The fourth-order valence-electron chi connectivity index (χ4n) is 2.34. The van der Waals surface area contributed by atoms with Crippen molar-refractivity contribution in [3.05, 3.63) is 35.4 Å². The summed E-state index contributed by atoms with van der Waals surface area (Å²) >= 11 is 0. The molecule has 0 aliphatic carbocycles. The molecule has 0 aliphatic heterocycles. The summed E-state index contributed by atoms with van der Waals surface area (Å²) in [4.78, 5) is 4.39. The predicted octanol–water partition coefficient (Wildman–Crippen LogP) is 2.56. The van der Waals surface area contributed by atoms with Gasteiger partial charge in [-0.25, -0.2) is 0 Å². The second-order valence-electron chi connectivity index (χ2n) is 5.93. The normalized spacial score (nSPS) is 13.2. The number of hydrogen-bond acceptors (Lipinski definition) is 3. The lowest BCUT2D eigenvalue weighted by molar-refractivity contribution is 0.125. The van der Waals surface area contributed by atoms with Crippen LogP contribution in [0.4, 0.5) is 0 Å². The lowest BCUT2D eigenvalue weighted by Gasteiger charge is -2.21. The first kappa shape index (κ1) is 17.2. The predicted molar refractivity (Wildman–Crippen MR) is 86.1 cm³/mol. The van der Waals surface area contributed by atoms with Gasteiger partial charge in [0, 0.05) is 6.54 Å². The molecule has 1 aromatic carbocycles. The Hall–Kier alpha value is -0.900. The van der Waals surface area contributed by atoms with Crippen LogP contribution in [0.1, 0.15) is 37.0 Å². The van der Waals surface area contributed by atoms with E-state index in [1.807, 2.05) is 0 Å². The van der Waals surface area contributed by atoms with Crippen LogP contribution in [0.3, 0.4) is 0 Å². The van der Waals surface area contributed by atoms with Gasteiger partial charge < -0.3 is 14.9 Å². The molecule has 0 radical (unpaired) electrons. The van der Waals surface area contributed by atoms with E-state index in [4.69, 9.17) is 0 Å². The van der Waals surface area contributed by atoms with Gasteiger partial charge in [0.15, 0.2) is 0 Å². The fourth-order valence-corrected chi connectivity index (χ4v) is 2.34. The van der Waals surface area contributed by atoms with Gasteiger partial charge in [0.1, 0.15) is 0 Å². The zero-order valence-electron chi connectivity index (χ0n) is 13.5. The third-order valence-electron chi connectivity index (χ3n) is 3.53. The summed E-state index contributed by atoms with van der Waals surface area (Å²) in [6.07, 6.45) is 3.01. The van der Waals surface area contributed by atoms with Crippen molar-refractivity contribution in [3.63, 3.8) is 0 Å². The van der Waals surface area contributed by atoms with E-state index in [1.165, 1.54) is 5.56 Å². The first-order chi connectivity index (χ1) is 9.52. The molecule has 3 heteroatoms. The molecule has 0 amide bonds. The smallest absolute Gasteiger partial charge is 0.0916 e. The van der Waals surface area contributed by atoms with E-state index in [0.717, 1.165) is 37.9 Å². The molecule has 1 N–H and O–H groups in total. The molecule has 1 unspecified atom stereocenters. The van der Waals surface area contributed by atoms with E-state index >= 15 is 0 Å². The Morgan fingerprint density at radius 3 is 2.25 bits per heavy atom. The van der Waals surface area contributed by atoms with Crippen molar-refractivity contribution in [2.75, 3.05) is 40.8 Å². The second-order valence-corrected chi connectivity index (χ2v) is 5.93. The third kappa shape index (κ3) is 6.51. The first-order valence-electron chi connectivity index (χ1n) is 7.63. The topological polar surface area (TPSA) is 26.7 Å². The van der Waals surface area contributed by atoms with Crippen LogP contribution in [-0.4, -0.2) is 55.7 Å². The molecule has 20 heavy (non-hydrogen) atoms. The van der Waals surface area contributed by atoms with Crippen molar-refractivity contribution in [1.29, 1.82) is 0 Å². The maximum absolute atomic E-state index is 10.3. The number of hydrogen-bond donors (Lipinski definition) is 1. The Balaban J connectivity index is 2.39. The van der Waals surface area contributed by atoms with Crippen molar-refractivity contribution >= 4 is 0 Å². The molecule has 1 atom stereocenters. The lowest BCUT2D eigenvalue weighted by atomic mass is 10.0. The highest BCUT2D eigenvalue weighted by Gasteiger charge is 2.10. The Bertz CT molecular complexity index is 362. The molecular formula is C17H30N2O. The van der Waals surface area contributed by atoms with Crippen LogP contribution in [0.25, 0.3) is 0 Å². The minimum Gasteiger partial charge on any atom is -0.387 e. The van der Waals surface area contributed by atoms with Gasteiger partial charge in [-0.2, -0.15) is 0 Å². The monoisotopic (exact) mass is 278 g/mol. The van der Waals surface area contributed by atoms with Crippen LogP contribution in [0.15, 0.2) is 24.3 Å². The largest absolute Gasteiger partial charge is 0.387 e. The van der Waals surface area contributed by atoms with Crippen LogP contribution in [-0.2, 0) is 6.42 Å². The highest BCUT2D eigenvalue weighted by atomic mass is 16.3. The van der Waals surface area contributed by atoms with E-state index in [9.17, 15) is 5.11 Å². The molecule has 1 rings (SSSR count). The quantitative estimate of drug-likeness (QED) is 0.752. The summed E-state index contributed by atoms with van der Waals surface area (Å²) in [5.74, 6) is 0. The van der Waals surface area contributed by atoms with E-state index in [0.29, 0.717) is 6.54 Å². The highest BCUT2D eigenvalue weighted by Crippen LogP contribution is 2.15. The maximum atomic E-state index is 10.3. The van der Waals surface area contributed by atoms with Gasteiger partial charge in [0.2, 0.25) is 0 Å². The summed E-state index contributed by atoms with van der Waals surface area (Å²) < 4.78 is 0. The standard InChI is InChI=1S/C17H30N2O/c1-5-7-15-8-10-16(11-9-15)17(20)14-19(4)13-6-12-18(2)3/h8-11,17,20H,5-7,12-14H2,1-4H3. The summed E-state index contributed by atoms with van der Waals surface area (Å²) in [7, 11) is 6.25. The van der Waals surface area contributed by atoms with Crippen molar-refractivity contribution < 1.29 is 5.11 Å². The van der Waals surface area contributed by atoms with Crippen molar-refractivity contribution in [3.8, 4) is 0 Å². The van der Waals surface area contributed by atoms with Crippen LogP contribution in [0.2, 0.25) is 0 Å². The fraction of sp³-hybridized carbons (Fsp3) is 0.647. The Morgan fingerprint density at radius 2 is 1.70 bits per heavy atom. The number of nitrogens with zero attached hydrogens (tertiary/aromatic N) is 2. The zero-order chi connectivity index (χ0) is 15.0. The molecule has 114 valence electrons. The number of likely N-dealkylation sites (N-methyl/N-ethyl adjacent to an activating group) is 1. The molecule has 3 nitrogen and oxygen atoms in total. The molecule has 0 fully saturated rings. The molecule has 0 bridgehead atoms. The molecule has 1 aromatic rings. The number of aryl methyl sites for hydroxylation is 1.